The lowest BCUT2D eigenvalue weighted by atomic mass is 10.2. The highest BCUT2D eigenvalue weighted by molar-refractivity contribution is 7.97. The third-order valence-electron chi connectivity index (χ3n) is 1.51. The Labute approximate surface area is 81.0 Å². The van der Waals surface area contributed by atoms with Crippen molar-refractivity contribution < 1.29 is 9.53 Å². The molecule has 0 bridgehead atoms. The Hall–Kier alpha value is -1.25. The van der Waals surface area contributed by atoms with Gasteiger partial charge in [0.25, 0.3) is 0 Å². The van der Waals surface area contributed by atoms with Crippen LogP contribution in [0.3, 0.4) is 0 Å². The van der Waals surface area contributed by atoms with E-state index < -0.39 is 0 Å². The molecule has 1 aromatic rings. The van der Waals surface area contributed by atoms with Crippen LogP contribution in [0.15, 0.2) is 28.7 Å². The van der Waals surface area contributed by atoms with E-state index in [9.17, 15) is 4.79 Å². The molecule has 0 unspecified atom stereocenters. The zero-order chi connectivity index (χ0) is 9.52. The molecule has 0 saturated heterocycles. The van der Waals surface area contributed by atoms with Gasteiger partial charge in [0, 0.05) is 11.3 Å². The van der Waals surface area contributed by atoms with Gasteiger partial charge in [-0.25, -0.2) is 4.79 Å². The zero-order valence-corrected chi connectivity index (χ0v) is 8.00. The Morgan fingerprint density at radius 1 is 1.54 bits per heavy atom. The van der Waals surface area contributed by atoms with Gasteiger partial charge in [0.2, 0.25) is 6.08 Å². The Bertz CT molecular complexity index is 321. The maximum atomic E-state index is 9.81. The molecule has 0 N–H and O–H groups in total. The summed E-state index contributed by atoms with van der Waals surface area (Å²) in [6, 6.07) is 7.63. The first-order chi connectivity index (χ1) is 6.38. The predicted molar refractivity (Wildman–Crippen MR) is 52.4 cm³/mol. The lowest BCUT2D eigenvalue weighted by Gasteiger charge is -2.04. The van der Waals surface area contributed by atoms with Gasteiger partial charge in [-0.1, -0.05) is 18.2 Å². The van der Waals surface area contributed by atoms with Crippen molar-refractivity contribution in [2.75, 3.05) is 7.11 Å². The van der Waals surface area contributed by atoms with Gasteiger partial charge in [-0.05, 0) is 18.0 Å². The van der Waals surface area contributed by atoms with E-state index in [2.05, 4.69) is 4.40 Å². The number of carbonyl (C=O) groups excluding carboxylic acids is 1. The summed E-state index contributed by atoms with van der Waals surface area (Å²) in [6.45, 7) is 0. The molecular formula is C9H9NO2S. The van der Waals surface area contributed by atoms with Gasteiger partial charge in [0.1, 0.15) is 5.75 Å². The number of benzene rings is 1. The van der Waals surface area contributed by atoms with Gasteiger partial charge in [-0.2, -0.15) is 0 Å². The van der Waals surface area contributed by atoms with Crippen molar-refractivity contribution in [2.45, 2.75) is 5.75 Å². The van der Waals surface area contributed by atoms with E-state index in [0.717, 1.165) is 23.3 Å². The van der Waals surface area contributed by atoms with Crippen LogP contribution in [0, 0.1) is 0 Å². The maximum absolute atomic E-state index is 9.81. The molecule has 0 radical (unpaired) electrons. The average molecular weight is 195 g/mol. The molecule has 4 heteroatoms. The number of nitrogens with zero attached hydrogens (tertiary/aromatic N) is 1. The summed E-state index contributed by atoms with van der Waals surface area (Å²) in [6.07, 6.45) is 1.47. The summed E-state index contributed by atoms with van der Waals surface area (Å²) >= 11 is 1.16. The number of ether oxygens (including phenoxy) is 1. The summed E-state index contributed by atoms with van der Waals surface area (Å²) in [4.78, 5) is 9.81. The summed E-state index contributed by atoms with van der Waals surface area (Å²) in [5.74, 6) is 1.44. The Morgan fingerprint density at radius 3 is 3.00 bits per heavy atom. The van der Waals surface area contributed by atoms with Crippen LogP contribution in [0.2, 0.25) is 0 Å². The van der Waals surface area contributed by atoms with Crippen molar-refractivity contribution in [3.63, 3.8) is 0 Å². The number of rotatable bonds is 4. The quantitative estimate of drug-likeness (QED) is 0.420. The van der Waals surface area contributed by atoms with Gasteiger partial charge in [-0.3, -0.25) is 0 Å². The van der Waals surface area contributed by atoms with Gasteiger partial charge >= 0.3 is 0 Å². The highest BCUT2D eigenvalue weighted by Gasteiger charge is 2.00. The van der Waals surface area contributed by atoms with E-state index >= 15 is 0 Å². The standard InChI is InChI=1S/C9H9NO2S/c1-12-9-5-3-2-4-8(9)6-13-10-7-11/h2-5H,6H2,1H3. The number of hydrogen-bond donors (Lipinski definition) is 0. The maximum Gasteiger partial charge on any atom is 0.247 e. The highest BCUT2D eigenvalue weighted by Crippen LogP contribution is 2.22. The van der Waals surface area contributed by atoms with Crippen molar-refractivity contribution in [3.8, 4) is 5.75 Å². The smallest absolute Gasteiger partial charge is 0.247 e. The fraction of sp³-hybridized carbons (Fsp3) is 0.222. The molecule has 0 aromatic heterocycles. The molecule has 0 amide bonds. The van der Waals surface area contributed by atoms with Gasteiger partial charge in [-0.15, -0.1) is 4.40 Å². The normalized spacial score (nSPS) is 9.00. The minimum Gasteiger partial charge on any atom is -0.496 e. The van der Waals surface area contributed by atoms with E-state index in [1.807, 2.05) is 24.3 Å². The molecule has 0 heterocycles. The summed E-state index contributed by atoms with van der Waals surface area (Å²) in [7, 11) is 1.62. The second kappa shape index (κ2) is 5.41. The van der Waals surface area contributed by atoms with Crippen molar-refractivity contribution in [2.24, 2.45) is 4.40 Å². The van der Waals surface area contributed by atoms with Crippen LogP contribution in [0.4, 0.5) is 0 Å². The molecule has 0 fully saturated rings. The van der Waals surface area contributed by atoms with Gasteiger partial charge < -0.3 is 4.74 Å². The number of hydrogen-bond acceptors (Lipinski definition) is 4. The molecule has 13 heavy (non-hydrogen) atoms. The Balaban J connectivity index is 2.69. The molecule has 0 spiro atoms. The molecule has 3 nitrogen and oxygen atoms in total. The van der Waals surface area contributed by atoms with Crippen LogP contribution in [0.25, 0.3) is 0 Å². The van der Waals surface area contributed by atoms with E-state index in [-0.39, 0.29) is 0 Å². The van der Waals surface area contributed by atoms with Crippen molar-refractivity contribution in [3.05, 3.63) is 29.8 Å². The van der Waals surface area contributed by atoms with E-state index in [1.165, 1.54) is 6.08 Å². The molecule has 0 atom stereocenters. The monoisotopic (exact) mass is 195 g/mol. The average Bonchev–Trinajstić information content (AvgIpc) is 2.19. The van der Waals surface area contributed by atoms with Crippen LogP contribution in [0.5, 0.6) is 5.75 Å². The Morgan fingerprint density at radius 2 is 2.31 bits per heavy atom. The minimum absolute atomic E-state index is 0.624. The molecule has 0 aliphatic heterocycles. The van der Waals surface area contributed by atoms with Crippen LogP contribution in [-0.2, 0) is 10.5 Å². The largest absolute Gasteiger partial charge is 0.496 e. The molecule has 0 aliphatic carbocycles. The van der Waals surface area contributed by atoms with Crippen molar-refractivity contribution in [1.82, 2.24) is 0 Å². The van der Waals surface area contributed by atoms with Gasteiger partial charge in [0.15, 0.2) is 0 Å². The summed E-state index contributed by atoms with van der Waals surface area (Å²) in [5.41, 5.74) is 1.02. The molecule has 0 saturated carbocycles. The fourth-order valence-corrected chi connectivity index (χ4v) is 1.45. The van der Waals surface area contributed by atoms with Crippen LogP contribution in [-0.4, -0.2) is 13.2 Å². The summed E-state index contributed by atoms with van der Waals surface area (Å²) in [5, 5.41) is 0. The number of methoxy groups -OCH3 is 1. The second-order valence-corrected chi connectivity index (χ2v) is 3.00. The van der Waals surface area contributed by atoms with Crippen LogP contribution >= 0.6 is 11.9 Å². The second-order valence-electron chi connectivity index (χ2n) is 2.27. The van der Waals surface area contributed by atoms with E-state index in [1.54, 1.807) is 7.11 Å². The van der Waals surface area contributed by atoms with Crippen LogP contribution in [0.1, 0.15) is 5.56 Å². The minimum atomic E-state index is 0.624. The molecule has 1 rings (SSSR count). The summed E-state index contributed by atoms with van der Waals surface area (Å²) < 4.78 is 8.52. The molecule has 68 valence electrons. The topological polar surface area (TPSA) is 38.7 Å². The van der Waals surface area contributed by atoms with E-state index in [0.29, 0.717) is 5.75 Å². The molecular weight excluding hydrogens is 186 g/mol. The van der Waals surface area contributed by atoms with Crippen molar-refractivity contribution in [1.29, 1.82) is 0 Å². The number of para-hydroxylation sites is 1. The SMILES string of the molecule is COc1ccccc1CSN=C=O. The van der Waals surface area contributed by atoms with Crippen LogP contribution < -0.4 is 4.74 Å². The van der Waals surface area contributed by atoms with E-state index in [4.69, 9.17) is 4.74 Å². The third kappa shape index (κ3) is 2.93. The number of isocyanates is 1. The molecule has 1 aromatic carbocycles. The first kappa shape index (κ1) is 9.84. The Kier molecular flexibility index (Phi) is 4.09. The van der Waals surface area contributed by atoms with Crippen molar-refractivity contribution >= 4 is 18.0 Å². The first-order valence-corrected chi connectivity index (χ1v) is 4.63. The third-order valence-corrected chi connectivity index (χ3v) is 2.16. The van der Waals surface area contributed by atoms with Gasteiger partial charge in [0.05, 0.1) is 7.11 Å². The zero-order valence-electron chi connectivity index (χ0n) is 7.19. The lowest BCUT2D eigenvalue weighted by molar-refractivity contribution is 0.411. The highest BCUT2D eigenvalue weighted by atomic mass is 32.2. The predicted octanol–water partition coefficient (Wildman–Crippen LogP) is 2.18. The fourth-order valence-electron chi connectivity index (χ4n) is 0.950. The lowest BCUT2D eigenvalue weighted by Crippen LogP contribution is -1.88. The first-order valence-electron chi connectivity index (χ1n) is 3.69. The molecule has 0 aliphatic rings.